The zero-order chi connectivity index (χ0) is 13.3. The smallest absolute Gasteiger partial charge is 0.00797 e. The molecule has 0 aromatic carbocycles. The zero-order valence-corrected chi connectivity index (χ0v) is 12.8. The minimum absolute atomic E-state index is 0.436. The van der Waals surface area contributed by atoms with Gasteiger partial charge >= 0.3 is 0 Å². The van der Waals surface area contributed by atoms with Crippen LogP contribution in [-0.2, 0) is 0 Å². The van der Waals surface area contributed by atoms with E-state index in [4.69, 9.17) is 5.73 Å². The molecule has 2 fully saturated rings. The second kappa shape index (κ2) is 5.50. The van der Waals surface area contributed by atoms with Crippen LogP contribution in [0.25, 0.3) is 0 Å². The van der Waals surface area contributed by atoms with Gasteiger partial charge in [-0.1, -0.05) is 27.7 Å². The van der Waals surface area contributed by atoms with Gasteiger partial charge in [-0.15, -0.1) is 0 Å². The molecule has 0 spiro atoms. The van der Waals surface area contributed by atoms with Gasteiger partial charge in [-0.25, -0.2) is 0 Å². The Bertz CT molecular complexity index is 264. The molecule has 2 N–H and O–H groups in total. The third-order valence-corrected chi connectivity index (χ3v) is 5.01. The summed E-state index contributed by atoms with van der Waals surface area (Å²) in [6.07, 6.45) is 5.24. The van der Waals surface area contributed by atoms with Gasteiger partial charge in [0.1, 0.15) is 0 Å². The predicted octanol–water partition coefficient (Wildman–Crippen LogP) is 3.12. The summed E-state index contributed by atoms with van der Waals surface area (Å²) in [4.78, 5) is 2.69. The minimum Gasteiger partial charge on any atom is -0.327 e. The van der Waals surface area contributed by atoms with Crippen molar-refractivity contribution in [2.45, 2.75) is 59.4 Å². The number of nitrogens with two attached hydrogens (primary N) is 1. The SMILES string of the molecule is CC1CC(C)CN(CC2CC(C)(C)CCC2N)C1. The van der Waals surface area contributed by atoms with Crippen LogP contribution in [-0.4, -0.2) is 30.6 Å². The Morgan fingerprint density at radius 1 is 1.17 bits per heavy atom. The summed E-state index contributed by atoms with van der Waals surface area (Å²) >= 11 is 0. The Morgan fingerprint density at radius 2 is 1.78 bits per heavy atom. The number of likely N-dealkylation sites (tertiary alicyclic amines) is 1. The first-order valence-electron chi connectivity index (χ1n) is 7.83. The lowest BCUT2D eigenvalue weighted by Gasteiger charge is -2.43. The van der Waals surface area contributed by atoms with Crippen molar-refractivity contribution in [1.82, 2.24) is 4.90 Å². The van der Waals surface area contributed by atoms with E-state index in [-0.39, 0.29) is 0 Å². The second-order valence-electron chi connectivity index (χ2n) is 8.00. The van der Waals surface area contributed by atoms with E-state index in [0.29, 0.717) is 17.4 Å². The maximum atomic E-state index is 6.36. The molecule has 4 atom stereocenters. The minimum atomic E-state index is 0.436. The normalized spacial score (nSPS) is 41.8. The molecule has 1 saturated heterocycles. The summed E-state index contributed by atoms with van der Waals surface area (Å²) in [5.74, 6) is 2.44. The molecule has 0 aromatic heterocycles. The van der Waals surface area contributed by atoms with Crippen LogP contribution in [0.5, 0.6) is 0 Å². The fraction of sp³-hybridized carbons (Fsp3) is 1.00. The zero-order valence-electron chi connectivity index (χ0n) is 12.8. The van der Waals surface area contributed by atoms with Gasteiger partial charge in [0.05, 0.1) is 0 Å². The highest BCUT2D eigenvalue weighted by atomic mass is 15.1. The molecule has 1 aliphatic carbocycles. The van der Waals surface area contributed by atoms with E-state index >= 15 is 0 Å². The topological polar surface area (TPSA) is 29.3 Å². The highest BCUT2D eigenvalue weighted by molar-refractivity contribution is 4.89. The standard InChI is InChI=1S/C16H32N2/c1-12-7-13(2)10-18(9-12)11-14-8-16(3,4)6-5-15(14)17/h12-15H,5-11,17H2,1-4H3. The van der Waals surface area contributed by atoms with Crippen LogP contribution >= 0.6 is 0 Å². The first kappa shape index (κ1) is 14.3. The molecule has 2 aliphatic rings. The molecular weight excluding hydrogens is 220 g/mol. The van der Waals surface area contributed by atoms with Gasteiger partial charge in [0, 0.05) is 25.7 Å². The van der Waals surface area contributed by atoms with Crippen LogP contribution in [0.3, 0.4) is 0 Å². The largest absolute Gasteiger partial charge is 0.327 e. The Morgan fingerprint density at radius 3 is 2.39 bits per heavy atom. The Kier molecular flexibility index (Phi) is 4.38. The van der Waals surface area contributed by atoms with Crippen LogP contribution in [0.1, 0.15) is 53.4 Å². The van der Waals surface area contributed by atoms with Crippen molar-refractivity contribution in [2.24, 2.45) is 28.9 Å². The molecule has 0 aromatic rings. The van der Waals surface area contributed by atoms with E-state index in [0.717, 1.165) is 11.8 Å². The van der Waals surface area contributed by atoms with E-state index in [2.05, 4.69) is 32.6 Å². The summed E-state index contributed by atoms with van der Waals surface area (Å²) in [5.41, 5.74) is 6.87. The lowest BCUT2D eigenvalue weighted by molar-refractivity contribution is 0.0766. The molecule has 18 heavy (non-hydrogen) atoms. The van der Waals surface area contributed by atoms with E-state index < -0.39 is 0 Å². The van der Waals surface area contributed by atoms with Gasteiger partial charge in [0.25, 0.3) is 0 Å². The van der Waals surface area contributed by atoms with Gasteiger partial charge in [0.15, 0.2) is 0 Å². The van der Waals surface area contributed by atoms with Gasteiger partial charge in [0.2, 0.25) is 0 Å². The lowest BCUT2D eigenvalue weighted by Crippen LogP contribution is -2.48. The molecular formula is C16H32N2. The average molecular weight is 252 g/mol. The van der Waals surface area contributed by atoms with Crippen LogP contribution in [0.4, 0.5) is 0 Å². The van der Waals surface area contributed by atoms with Gasteiger partial charge < -0.3 is 10.6 Å². The molecule has 2 heteroatoms. The monoisotopic (exact) mass is 252 g/mol. The average Bonchev–Trinajstić information content (AvgIpc) is 2.22. The van der Waals surface area contributed by atoms with Crippen LogP contribution in [0.15, 0.2) is 0 Å². The molecule has 1 heterocycles. The molecule has 106 valence electrons. The van der Waals surface area contributed by atoms with Crippen LogP contribution < -0.4 is 5.73 Å². The predicted molar refractivity (Wildman–Crippen MR) is 78.5 cm³/mol. The highest BCUT2D eigenvalue weighted by Gasteiger charge is 2.34. The molecule has 0 bridgehead atoms. The van der Waals surface area contributed by atoms with Crippen molar-refractivity contribution in [3.05, 3.63) is 0 Å². The third kappa shape index (κ3) is 3.71. The molecule has 2 rings (SSSR count). The molecule has 1 aliphatic heterocycles. The number of hydrogen-bond acceptors (Lipinski definition) is 2. The van der Waals surface area contributed by atoms with Crippen molar-refractivity contribution in [2.75, 3.05) is 19.6 Å². The first-order chi connectivity index (χ1) is 8.35. The van der Waals surface area contributed by atoms with Crippen molar-refractivity contribution < 1.29 is 0 Å². The van der Waals surface area contributed by atoms with E-state index in [1.54, 1.807) is 0 Å². The van der Waals surface area contributed by atoms with Crippen LogP contribution in [0.2, 0.25) is 0 Å². The summed E-state index contributed by atoms with van der Waals surface area (Å²) in [6, 6.07) is 0.436. The molecule has 2 nitrogen and oxygen atoms in total. The first-order valence-corrected chi connectivity index (χ1v) is 7.83. The maximum Gasteiger partial charge on any atom is 0.00797 e. The third-order valence-electron chi connectivity index (χ3n) is 5.01. The van der Waals surface area contributed by atoms with Crippen molar-refractivity contribution in [3.63, 3.8) is 0 Å². The van der Waals surface area contributed by atoms with Crippen LogP contribution in [0, 0.1) is 23.2 Å². The van der Waals surface area contributed by atoms with E-state index in [1.807, 2.05) is 0 Å². The summed E-state index contributed by atoms with van der Waals surface area (Å²) < 4.78 is 0. The number of nitrogens with zero attached hydrogens (tertiary/aromatic N) is 1. The summed E-state index contributed by atoms with van der Waals surface area (Å²) in [6.45, 7) is 13.4. The fourth-order valence-electron chi connectivity index (χ4n) is 4.23. The molecule has 4 unspecified atom stereocenters. The molecule has 0 amide bonds. The van der Waals surface area contributed by atoms with Crippen molar-refractivity contribution in [3.8, 4) is 0 Å². The quantitative estimate of drug-likeness (QED) is 0.818. The Labute approximate surface area is 113 Å². The summed E-state index contributed by atoms with van der Waals surface area (Å²) in [7, 11) is 0. The van der Waals surface area contributed by atoms with Crippen molar-refractivity contribution in [1.29, 1.82) is 0 Å². The van der Waals surface area contributed by atoms with E-state index in [1.165, 1.54) is 45.3 Å². The highest BCUT2D eigenvalue weighted by Crippen LogP contribution is 2.38. The van der Waals surface area contributed by atoms with Gasteiger partial charge in [-0.05, 0) is 48.9 Å². The molecule has 0 radical (unpaired) electrons. The van der Waals surface area contributed by atoms with Gasteiger partial charge in [-0.3, -0.25) is 0 Å². The maximum absolute atomic E-state index is 6.36. The summed E-state index contributed by atoms with van der Waals surface area (Å²) in [5, 5.41) is 0. The number of rotatable bonds is 2. The Balaban J connectivity index is 1.91. The number of hydrogen-bond donors (Lipinski definition) is 1. The number of piperidine rings is 1. The van der Waals surface area contributed by atoms with E-state index in [9.17, 15) is 0 Å². The molecule has 1 saturated carbocycles. The Hall–Kier alpha value is -0.0800. The fourth-order valence-corrected chi connectivity index (χ4v) is 4.23. The lowest BCUT2D eigenvalue weighted by atomic mass is 9.70. The van der Waals surface area contributed by atoms with Gasteiger partial charge in [-0.2, -0.15) is 0 Å². The van der Waals surface area contributed by atoms with Crippen molar-refractivity contribution >= 4 is 0 Å². The second-order valence-corrected chi connectivity index (χ2v) is 8.00.